The van der Waals surface area contributed by atoms with Gasteiger partial charge in [0.1, 0.15) is 0 Å². The molecule has 0 aliphatic heterocycles. The highest BCUT2D eigenvalue weighted by molar-refractivity contribution is 5.99. The van der Waals surface area contributed by atoms with Crippen molar-refractivity contribution in [2.45, 2.75) is 0 Å². The van der Waals surface area contributed by atoms with E-state index in [4.69, 9.17) is 15.7 Å². The third-order valence-corrected chi connectivity index (χ3v) is 2.30. The summed E-state index contributed by atoms with van der Waals surface area (Å²) in [6, 6.07) is 4.94. The molecule has 0 aliphatic carbocycles. The van der Waals surface area contributed by atoms with E-state index >= 15 is 0 Å². The predicted octanol–water partition coefficient (Wildman–Crippen LogP) is 2.25. The Morgan fingerprint density at radius 3 is 2.79 bits per heavy atom. The Morgan fingerprint density at radius 2 is 2.05 bits per heavy atom. The van der Waals surface area contributed by atoms with Crippen LogP contribution >= 0.6 is 0 Å². The lowest BCUT2D eigenvalue weighted by atomic mass is 10.2. The zero-order valence-electron chi connectivity index (χ0n) is 9.55. The van der Waals surface area contributed by atoms with Gasteiger partial charge in [0.25, 0.3) is 0 Å². The highest BCUT2D eigenvalue weighted by atomic mass is 19.2. The molecule has 0 radical (unpaired) electrons. The predicted molar refractivity (Wildman–Crippen MR) is 63.2 cm³/mol. The first-order valence-corrected chi connectivity index (χ1v) is 5.17. The Hall–Kier alpha value is -2.70. The number of rotatable bonds is 3. The Labute approximate surface area is 107 Å². The summed E-state index contributed by atoms with van der Waals surface area (Å²) in [5, 5.41) is 11.5. The molecule has 0 fully saturated rings. The molecule has 2 aromatic rings. The van der Waals surface area contributed by atoms with E-state index in [0.717, 1.165) is 6.07 Å². The summed E-state index contributed by atoms with van der Waals surface area (Å²) >= 11 is 0. The van der Waals surface area contributed by atoms with Crippen molar-refractivity contribution >= 4 is 5.84 Å². The fourth-order valence-electron chi connectivity index (χ4n) is 1.41. The largest absolute Gasteiger partial charge is 0.452 e. The topological polar surface area (TPSA) is 80.7 Å². The molecule has 3 N–H and O–H groups in total. The number of oxime groups is 1. The third kappa shape index (κ3) is 2.59. The molecule has 0 amide bonds. The molecule has 1 heterocycles. The van der Waals surface area contributed by atoms with E-state index in [1.54, 1.807) is 0 Å². The molecule has 1 aromatic heterocycles. The lowest BCUT2D eigenvalue weighted by molar-refractivity contribution is 0.318. The summed E-state index contributed by atoms with van der Waals surface area (Å²) in [7, 11) is 0. The summed E-state index contributed by atoms with van der Waals surface area (Å²) in [5.74, 6) is -2.67. The van der Waals surface area contributed by atoms with Crippen LogP contribution in [-0.2, 0) is 0 Å². The van der Waals surface area contributed by atoms with Crippen LogP contribution in [0, 0.1) is 11.6 Å². The number of ether oxygens (including phenoxy) is 1. The molecule has 19 heavy (non-hydrogen) atoms. The zero-order valence-corrected chi connectivity index (χ0v) is 9.55. The molecular formula is C12H9F2N3O2. The van der Waals surface area contributed by atoms with E-state index in [9.17, 15) is 8.78 Å². The van der Waals surface area contributed by atoms with Gasteiger partial charge >= 0.3 is 0 Å². The molecule has 5 nitrogen and oxygen atoms in total. The summed E-state index contributed by atoms with van der Waals surface area (Å²) < 4.78 is 31.7. The molecular weight excluding hydrogens is 256 g/mol. The van der Waals surface area contributed by atoms with Gasteiger partial charge in [-0.15, -0.1) is 0 Å². The van der Waals surface area contributed by atoms with E-state index < -0.39 is 11.6 Å². The van der Waals surface area contributed by atoms with E-state index in [1.165, 1.54) is 30.6 Å². The van der Waals surface area contributed by atoms with E-state index in [-0.39, 0.29) is 22.9 Å². The highest BCUT2D eigenvalue weighted by Gasteiger charge is 2.13. The molecule has 0 aliphatic rings. The molecule has 0 saturated carbocycles. The first-order valence-electron chi connectivity index (χ1n) is 5.17. The summed E-state index contributed by atoms with van der Waals surface area (Å²) in [6.07, 6.45) is 2.64. The Morgan fingerprint density at radius 1 is 1.26 bits per heavy atom. The number of halogens is 2. The van der Waals surface area contributed by atoms with Crippen LogP contribution in [0.5, 0.6) is 11.5 Å². The van der Waals surface area contributed by atoms with Gasteiger partial charge in [0.15, 0.2) is 23.2 Å². The first kappa shape index (κ1) is 12.7. The zero-order chi connectivity index (χ0) is 13.8. The van der Waals surface area contributed by atoms with Gasteiger partial charge in [-0.25, -0.2) is 4.39 Å². The van der Waals surface area contributed by atoms with Gasteiger partial charge in [0.2, 0.25) is 5.82 Å². The minimum atomic E-state index is -1.13. The van der Waals surface area contributed by atoms with Crippen LogP contribution < -0.4 is 10.5 Å². The quantitative estimate of drug-likeness (QED) is 0.386. The molecule has 0 bridgehead atoms. The van der Waals surface area contributed by atoms with Crippen LogP contribution in [0.15, 0.2) is 41.8 Å². The van der Waals surface area contributed by atoms with Crippen molar-refractivity contribution in [1.29, 1.82) is 0 Å². The van der Waals surface area contributed by atoms with Crippen LogP contribution in [0.25, 0.3) is 0 Å². The third-order valence-electron chi connectivity index (χ3n) is 2.30. The average molecular weight is 265 g/mol. The summed E-state index contributed by atoms with van der Waals surface area (Å²) in [4.78, 5) is 3.78. The molecule has 0 unspecified atom stereocenters. The monoisotopic (exact) mass is 265 g/mol. The average Bonchev–Trinajstić information content (AvgIpc) is 2.43. The number of hydrogen-bond acceptors (Lipinski definition) is 4. The SMILES string of the molecule is N/C(=N/O)c1ccncc1Oc1cccc(F)c1F. The van der Waals surface area contributed by atoms with Crippen LogP contribution in [-0.4, -0.2) is 16.0 Å². The van der Waals surface area contributed by atoms with Crippen LogP contribution in [0.4, 0.5) is 8.78 Å². The molecule has 0 saturated heterocycles. The van der Waals surface area contributed by atoms with Gasteiger partial charge < -0.3 is 15.7 Å². The minimum Gasteiger partial charge on any atom is -0.452 e. The fraction of sp³-hybridized carbons (Fsp3) is 0. The van der Waals surface area contributed by atoms with E-state index in [1.807, 2.05) is 0 Å². The number of aromatic nitrogens is 1. The fourth-order valence-corrected chi connectivity index (χ4v) is 1.41. The van der Waals surface area contributed by atoms with Crippen molar-refractivity contribution in [3.63, 3.8) is 0 Å². The van der Waals surface area contributed by atoms with Crippen molar-refractivity contribution in [2.75, 3.05) is 0 Å². The highest BCUT2D eigenvalue weighted by Crippen LogP contribution is 2.27. The van der Waals surface area contributed by atoms with Crippen molar-refractivity contribution in [3.05, 3.63) is 53.9 Å². The van der Waals surface area contributed by atoms with E-state index in [2.05, 4.69) is 10.1 Å². The first-order chi connectivity index (χ1) is 9.13. The number of benzene rings is 1. The molecule has 2 rings (SSSR count). The lowest BCUT2D eigenvalue weighted by Gasteiger charge is -2.10. The number of nitrogens with zero attached hydrogens (tertiary/aromatic N) is 2. The van der Waals surface area contributed by atoms with Crippen molar-refractivity contribution in [3.8, 4) is 11.5 Å². The molecule has 0 atom stereocenters. The molecule has 98 valence electrons. The van der Waals surface area contributed by atoms with Crippen LogP contribution in [0.3, 0.4) is 0 Å². The molecule has 1 aromatic carbocycles. The second-order valence-corrected chi connectivity index (χ2v) is 3.51. The smallest absolute Gasteiger partial charge is 0.201 e. The van der Waals surface area contributed by atoms with Crippen molar-refractivity contribution < 1.29 is 18.7 Å². The van der Waals surface area contributed by atoms with Gasteiger partial charge in [-0.05, 0) is 18.2 Å². The number of pyridine rings is 1. The normalized spacial score (nSPS) is 11.4. The van der Waals surface area contributed by atoms with Crippen molar-refractivity contribution in [1.82, 2.24) is 4.98 Å². The second kappa shape index (κ2) is 5.30. The van der Waals surface area contributed by atoms with Gasteiger partial charge in [-0.2, -0.15) is 4.39 Å². The maximum Gasteiger partial charge on any atom is 0.201 e. The van der Waals surface area contributed by atoms with Gasteiger partial charge in [0, 0.05) is 6.20 Å². The summed E-state index contributed by atoms with van der Waals surface area (Å²) in [6.45, 7) is 0. The second-order valence-electron chi connectivity index (χ2n) is 3.51. The lowest BCUT2D eigenvalue weighted by Crippen LogP contribution is -2.14. The Bertz CT molecular complexity index is 632. The Kier molecular flexibility index (Phi) is 3.56. The maximum absolute atomic E-state index is 13.5. The van der Waals surface area contributed by atoms with Crippen molar-refractivity contribution in [2.24, 2.45) is 10.9 Å². The number of hydrogen-bond donors (Lipinski definition) is 2. The standard InChI is InChI=1S/C12H9F2N3O2/c13-8-2-1-3-9(11(8)14)19-10-6-16-5-4-7(10)12(15)17-18/h1-6,18H,(H2,15,17). The molecule has 0 spiro atoms. The number of amidine groups is 1. The maximum atomic E-state index is 13.5. The van der Waals surface area contributed by atoms with Gasteiger partial charge in [-0.1, -0.05) is 11.2 Å². The minimum absolute atomic E-state index is 0.0438. The Balaban J connectivity index is 2.42. The van der Waals surface area contributed by atoms with Crippen LogP contribution in [0.2, 0.25) is 0 Å². The van der Waals surface area contributed by atoms with Crippen LogP contribution in [0.1, 0.15) is 5.56 Å². The van der Waals surface area contributed by atoms with E-state index in [0.29, 0.717) is 0 Å². The number of nitrogens with two attached hydrogens (primary N) is 1. The van der Waals surface area contributed by atoms with Gasteiger partial charge in [0.05, 0.1) is 11.8 Å². The molecule has 7 heteroatoms. The summed E-state index contributed by atoms with van der Waals surface area (Å²) in [5.41, 5.74) is 5.65. The van der Waals surface area contributed by atoms with Gasteiger partial charge in [-0.3, -0.25) is 4.98 Å².